The van der Waals surface area contributed by atoms with Crippen LogP contribution in [0.25, 0.3) is 0 Å². The van der Waals surface area contributed by atoms with Crippen molar-refractivity contribution >= 4 is 5.91 Å². The van der Waals surface area contributed by atoms with Crippen molar-refractivity contribution in [3.05, 3.63) is 12.2 Å². The quantitative estimate of drug-likeness (QED) is 0.787. The SMILES string of the molecule is CCn1cnnc1[C@@H]1CN(CC(=O)N2C[C@@H](C)O[C@@H](C)C2)CCO1. The summed E-state index contributed by atoms with van der Waals surface area (Å²) in [6.45, 7) is 10.7. The second-order valence-corrected chi connectivity index (χ2v) is 6.63. The number of amides is 1. The van der Waals surface area contributed by atoms with E-state index in [1.54, 1.807) is 6.33 Å². The first kappa shape index (κ1) is 17.3. The first-order chi connectivity index (χ1) is 11.6. The van der Waals surface area contributed by atoms with Crippen LogP contribution in [0.5, 0.6) is 0 Å². The Morgan fingerprint density at radius 3 is 2.75 bits per heavy atom. The van der Waals surface area contributed by atoms with Crippen LogP contribution in [0.4, 0.5) is 0 Å². The second-order valence-electron chi connectivity index (χ2n) is 6.63. The Bertz CT molecular complexity index is 554. The Balaban J connectivity index is 1.58. The molecule has 2 fully saturated rings. The van der Waals surface area contributed by atoms with Crippen LogP contribution in [-0.2, 0) is 20.8 Å². The molecule has 0 radical (unpaired) electrons. The number of rotatable bonds is 4. The summed E-state index contributed by atoms with van der Waals surface area (Å²) in [7, 11) is 0. The molecule has 0 aliphatic carbocycles. The van der Waals surface area contributed by atoms with Crippen LogP contribution in [0.1, 0.15) is 32.7 Å². The van der Waals surface area contributed by atoms with Gasteiger partial charge in [-0.2, -0.15) is 0 Å². The molecule has 2 aliphatic heterocycles. The number of morpholine rings is 2. The Hall–Kier alpha value is -1.51. The highest BCUT2D eigenvalue weighted by atomic mass is 16.5. The van der Waals surface area contributed by atoms with E-state index in [2.05, 4.69) is 22.0 Å². The lowest BCUT2D eigenvalue weighted by molar-refractivity contribution is -0.146. The van der Waals surface area contributed by atoms with Crippen LogP contribution < -0.4 is 0 Å². The third kappa shape index (κ3) is 3.93. The highest BCUT2D eigenvalue weighted by Gasteiger charge is 2.30. The van der Waals surface area contributed by atoms with Gasteiger partial charge in [-0.1, -0.05) is 0 Å². The molecule has 0 bridgehead atoms. The summed E-state index contributed by atoms with van der Waals surface area (Å²) in [5, 5.41) is 8.15. The van der Waals surface area contributed by atoms with Gasteiger partial charge < -0.3 is 18.9 Å². The summed E-state index contributed by atoms with van der Waals surface area (Å²) in [6, 6.07) is 0. The summed E-state index contributed by atoms with van der Waals surface area (Å²) < 4.78 is 13.5. The smallest absolute Gasteiger partial charge is 0.236 e. The highest BCUT2D eigenvalue weighted by Crippen LogP contribution is 2.20. The van der Waals surface area contributed by atoms with Crippen molar-refractivity contribution in [1.29, 1.82) is 0 Å². The van der Waals surface area contributed by atoms with Gasteiger partial charge in [-0.15, -0.1) is 10.2 Å². The summed E-state index contributed by atoms with van der Waals surface area (Å²) in [6.07, 6.45) is 1.78. The summed E-state index contributed by atoms with van der Waals surface area (Å²) in [5.74, 6) is 0.998. The van der Waals surface area contributed by atoms with Gasteiger partial charge in [0, 0.05) is 32.7 Å². The van der Waals surface area contributed by atoms with Crippen LogP contribution >= 0.6 is 0 Å². The van der Waals surface area contributed by atoms with Crippen molar-refractivity contribution in [3.63, 3.8) is 0 Å². The molecule has 1 aromatic heterocycles. The molecular formula is C16H27N5O3. The number of aromatic nitrogens is 3. The van der Waals surface area contributed by atoms with Gasteiger partial charge in [0.25, 0.3) is 0 Å². The molecule has 1 aromatic rings. The first-order valence-electron chi connectivity index (χ1n) is 8.71. The molecule has 0 saturated carbocycles. The molecule has 134 valence electrons. The van der Waals surface area contributed by atoms with E-state index < -0.39 is 0 Å². The highest BCUT2D eigenvalue weighted by molar-refractivity contribution is 5.78. The van der Waals surface area contributed by atoms with Crippen LogP contribution in [0.2, 0.25) is 0 Å². The third-order valence-corrected chi connectivity index (χ3v) is 4.56. The number of ether oxygens (including phenoxy) is 2. The van der Waals surface area contributed by atoms with Crippen LogP contribution in [0.3, 0.4) is 0 Å². The molecule has 8 nitrogen and oxygen atoms in total. The number of carbonyl (C=O) groups excluding carboxylic acids is 1. The monoisotopic (exact) mass is 337 g/mol. The fourth-order valence-electron chi connectivity index (χ4n) is 3.43. The molecular weight excluding hydrogens is 310 g/mol. The largest absolute Gasteiger partial charge is 0.372 e. The van der Waals surface area contributed by atoms with E-state index in [4.69, 9.17) is 9.47 Å². The second kappa shape index (κ2) is 7.58. The maximum atomic E-state index is 12.6. The Morgan fingerprint density at radius 1 is 1.29 bits per heavy atom. The van der Waals surface area contributed by atoms with Crippen molar-refractivity contribution in [1.82, 2.24) is 24.6 Å². The minimum Gasteiger partial charge on any atom is -0.372 e. The van der Waals surface area contributed by atoms with Gasteiger partial charge in [-0.3, -0.25) is 9.69 Å². The predicted molar refractivity (Wildman–Crippen MR) is 87.4 cm³/mol. The van der Waals surface area contributed by atoms with Gasteiger partial charge in [0.2, 0.25) is 5.91 Å². The summed E-state index contributed by atoms with van der Waals surface area (Å²) in [4.78, 5) is 16.7. The number of aryl methyl sites for hydroxylation is 1. The molecule has 3 atom stereocenters. The number of hydrogen-bond acceptors (Lipinski definition) is 6. The van der Waals surface area contributed by atoms with Gasteiger partial charge in [0.05, 0.1) is 25.4 Å². The Morgan fingerprint density at radius 2 is 2.04 bits per heavy atom. The molecule has 0 N–H and O–H groups in total. The minimum absolute atomic E-state index is 0.0956. The number of nitrogens with zero attached hydrogens (tertiary/aromatic N) is 5. The van der Waals surface area contributed by atoms with E-state index in [1.165, 1.54) is 0 Å². The van der Waals surface area contributed by atoms with E-state index in [0.717, 1.165) is 18.9 Å². The van der Waals surface area contributed by atoms with Gasteiger partial charge in [0.1, 0.15) is 12.4 Å². The topological polar surface area (TPSA) is 72.7 Å². The molecule has 2 aliphatic rings. The van der Waals surface area contributed by atoms with Crippen molar-refractivity contribution in [2.45, 2.75) is 45.6 Å². The predicted octanol–water partition coefficient (Wildman–Crippen LogP) is 0.307. The average Bonchev–Trinajstić information content (AvgIpc) is 3.03. The zero-order valence-corrected chi connectivity index (χ0v) is 14.7. The van der Waals surface area contributed by atoms with Crippen molar-refractivity contribution < 1.29 is 14.3 Å². The molecule has 24 heavy (non-hydrogen) atoms. The maximum absolute atomic E-state index is 12.6. The standard InChI is InChI=1S/C16H27N5O3/c1-4-20-11-17-18-16(20)14-9-19(5-6-23-14)10-15(22)21-7-12(2)24-13(3)8-21/h11-14H,4-10H2,1-3H3/t12-,13+,14-/m0/s1. The van der Waals surface area contributed by atoms with Gasteiger partial charge in [-0.25, -0.2) is 0 Å². The number of hydrogen-bond donors (Lipinski definition) is 0. The lowest BCUT2D eigenvalue weighted by atomic mass is 10.2. The molecule has 2 saturated heterocycles. The lowest BCUT2D eigenvalue weighted by Crippen LogP contribution is -2.52. The third-order valence-electron chi connectivity index (χ3n) is 4.56. The van der Waals surface area contributed by atoms with Gasteiger partial charge >= 0.3 is 0 Å². The minimum atomic E-state index is -0.128. The number of carbonyl (C=O) groups is 1. The molecule has 0 aromatic carbocycles. The van der Waals surface area contributed by atoms with Crippen molar-refractivity contribution in [2.75, 3.05) is 39.3 Å². The molecule has 1 amide bonds. The zero-order chi connectivity index (χ0) is 17.1. The zero-order valence-electron chi connectivity index (χ0n) is 14.7. The molecule has 3 heterocycles. The van der Waals surface area contributed by atoms with E-state index in [9.17, 15) is 4.79 Å². The summed E-state index contributed by atoms with van der Waals surface area (Å²) in [5.41, 5.74) is 0. The maximum Gasteiger partial charge on any atom is 0.236 e. The van der Waals surface area contributed by atoms with E-state index >= 15 is 0 Å². The fourth-order valence-corrected chi connectivity index (χ4v) is 3.43. The van der Waals surface area contributed by atoms with E-state index in [0.29, 0.717) is 32.8 Å². The van der Waals surface area contributed by atoms with Crippen LogP contribution in [-0.4, -0.2) is 82.0 Å². The normalized spacial score (nSPS) is 29.0. The average molecular weight is 337 g/mol. The molecule has 0 spiro atoms. The lowest BCUT2D eigenvalue weighted by Gasteiger charge is -2.37. The van der Waals surface area contributed by atoms with Crippen LogP contribution in [0, 0.1) is 0 Å². The Labute approximate surface area is 142 Å². The van der Waals surface area contributed by atoms with Gasteiger partial charge in [0.15, 0.2) is 5.82 Å². The van der Waals surface area contributed by atoms with E-state index in [1.807, 2.05) is 23.3 Å². The van der Waals surface area contributed by atoms with Crippen LogP contribution in [0.15, 0.2) is 6.33 Å². The molecule has 8 heteroatoms. The van der Waals surface area contributed by atoms with Crippen molar-refractivity contribution in [3.8, 4) is 0 Å². The fraction of sp³-hybridized carbons (Fsp3) is 0.812. The molecule has 3 rings (SSSR count). The van der Waals surface area contributed by atoms with Gasteiger partial charge in [-0.05, 0) is 20.8 Å². The Kier molecular flexibility index (Phi) is 5.47. The van der Waals surface area contributed by atoms with Crippen molar-refractivity contribution in [2.24, 2.45) is 0 Å². The molecule has 0 unspecified atom stereocenters. The van der Waals surface area contributed by atoms with E-state index in [-0.39, 0.29) is 24.2 Å². The first-order valence-corrected chi connectivity index (χ1v) is 8.71. The summed E-state index contributed by atoms with van der Waals surface area (Å²) >= 11 is 0.